The van der Waals surface area contributed by atoms with Crippen LogP contribution in [0.2, 0.25) is 0 Å². The van der Waals surface area contributed by atoms with Gasteiger partial charge in [-0.05, 0) is 68.8 Å². The van der Waals surface area contributed by atoms with Crippen molar-refractivity contribution in [3.63, 3.8) is 0 Å². The van der Waals surface area contributed by atoms with Crippen molar-refractivity contribution in [2.24, 2.45) is 0 Å². The van der Waals surface area contributed by atoms with Crippen molar-refractivity contribution < 1.29 is 9.53 Å². The second-order valence-corrected chi connectivity index (χ2v) is 8.99. The molecule has 0 saturated carbocycles. The second kappa shape index (κ2) is 10.3. The third-order valence-corrected chi connectivity index (χ3v) is 6.74. The molecule has 0 unspecified atom stereocenters. The number of methoxy groups -OCH3 is 1. The van der Waals surface area contributed by atoms with Crippen molar-refractivity contribution >= 4 is 17.3 Å². The van der Waals surface area contributed by atoms with Crippen molar-refractivity contribution in [2.45, 2.75) is 26.3 Å². The number of rotatable bonds is 5. The molecule has 2 aliphatic rings. The monoisotopic (exact) mass is 436 g/mol. The summed E-state index contributed by atoms with van der Waals surface area (Å²) in [6.45, 7) is 12.1. The Balaban J connectivity index is 1.34. The highest BCUT2D eigenvalue weighted by Gasteiger charge is 2.22. The molecule has 1 amide bonds. The van der Waals surface area contributed by atoms with E-state index in [1.165, 1.54) is 11.4 Å². The van der Waals surface area contributed by atoms with Gasteiger partial charge in [0.15, 0.2) is 0 Å². The van der Waals surface area contributed by atoms with Crippen molar-refractivity contribution in [3.05, 3.63) is 54.1 Å². The largest absolute Gasteiger partial charge is 0.497 e. The van der Waals surface area contributed by atoms with E-state index in [0.717, 1.165) is 70.1 Å². The molecule has 0 radical (unpaired) electrons. The van der Waals surface area contributed by atoms with Crippen LogP contribution in [0.5, 0.6) is 5.75 Å². The summed E-state index contributed by atoms with van der Waals surface area (Å²) >= 11 is 0. The first-order valence-electron chi connectivity index (χ1n) is 11.8. The first-order valence-corrected chi connectivity index (χ1v) is 11.8. The summed E-state index contributed by atoms with van der Waals surface area (Å²) in [5.74, 6) is 1.00. The molecule has 0 spiro atoms. The first-order chi connectivity index (χ1) is 15.5. The zero-order valence-electron chi connectivity index (χ0n) is 19.7. The number of anilines is 2. The number of carbonyl (C=O) groups excluding carboxylic acids is 1. The van der Waals surface area contributed by atoms with E-state index in [1.54, 1.807) is 7.11 Å². The third-order valence-electron chi connectivity index (χ3n) is 6.74. The number of hydrogen-bond acceptors (Lipinski definition) is 5. The SMILES string of the molecule is COc1ccc(N2CCCN(C(=O)c3ccc(N4CCN(C(C)C)CC4)cc3)CC2)cc1. The average molecular weight is 437 g/mol. The summed E-state index contributed by atoms with van der Waals surface area (Å²) < 4.78 is 5.26. The van der Waals surface area contributed by atoms with Crippen LogP contribution < -0.4 is 14.5 Å². The average Bonchev–Trinajstić information content (AvgIpc) is 3.10. The highest BCUT2D eigenvalue weighted by Crippen LogP contribution is 2.22. The summed E-state index contributed by atoms with van der Waals surface area (Å²) in [5, 5.41) is 0. The van der Waals surface area contributed by atoms with Gasteiger partial charge >= 0.3 is 0 Å². The normalized spacial score (nSPS) is 18.1. The molecule has 0 aliphatic carbocycles. The number of benzene rings is 2. The fraction of sp³-hybridized carbons (Fsp3) is 0.500. The maximum absolute atomic E-state index is 13.2. The summed E-state index contributed by atoms with van der Waals surface area (Å²) in [6.07, 6.45) is 0.968. The maximum Gasteiger partial charge on any atom is 0.253 e. The fourth-order valence-corrected chi connectivity index (χ4v) is 4.67. The molecule has 172 valence electrons. The first kappa shape index (κ1) is 22.5. The Hall–Kier alpha value is -2.73. The zero-order chi connectivity index (χ0) is 22.5. The van der Waals surface area contributed by atoms with E-state index in [-0.39, 0.29) is 5.91 Å². The summed E-state index contributed by atoms with van der Waals surface area (Å²) in [7, 11) is 1.68. The van der Waals surface area contributed by atoms with Gasteiger partial charge in [-0.1, -0.05) is 0 Å². The van der Waals surface area contributed by atoms with Crippen LogP contribution in [0.1, 0.15) is 30.6 Å². The van der Waals surface area contributed by atoms with Gasteiger partial charge in [-0.15, -0.1) is 0 Å². The molecular formula is C26H36N4O2. The minimum absolute atomic E-state index is 0.137. The summed E-state index contributed by atoms with van der Waals surface area (Å²) in [4.78, 5) is 22.4. The van der Waals surface area contributed by atoms with Crippen LogP contribution in [-0.4, -0.2) is 81.2 Å². The molecule has 32 heavy (non-hydrogen) atoms. The smallest absolute Gasteiger partial charge is 0.253 e. The molecule has 2 aromatic carbocycles. The number of piperazine rings is 1. The van der Waals surface area contributed by atoms with Gasteiger partial charge < -0.3 is 19.4 Å². The Morgan fingerprint density at radius 2 is 1.31 bits per heavy atom. The van der Waals surface area contributed by atoms with Crippen molar-refractivity contribution in [3.8, 4) is 5.75 Å². The molecule has 4 rings (SSSR count). The molecular weight excluding hydrogens is 400 g/mol. The molecule has 2 fully saturated rings. The lowest BCUT2D eigenvalue weighted by Crippen LogP contribution is -2.48. The van der Waals surface area contributed by atoms with Crippen LogP contribution in [0.3, 0.4) is 0 Å². The minimum atomic E-state index is 0.137. The van der Waals surface area contributed by atoms with Gasteiger partial charge in [-0.25, -0.2) is 0 Å². The topological polar surface area (TPSA) is 39.3 Å². The summed E-state index contributed by atoms with van der Waals surface area (Å²) in [5.41, 5.74) is 3.18. The Morgan fingerprint density at radius 1 is 0.750 bits per heavy atom. The Morgan fingerprint density at radius 3 is 1.91 bits per heavy atom. The van der Waals surface area contributed by atoms with Gasteiger partial charge in [0.2, 0.25) is 0 Å². The number of hydrogen-bond donors (Lipinski definition) is 0. The molecule has 2 heterocycles. The van der Waals surface area contributed by atoms with E-state index in [1.807, 2.05) is 29.2 Å². The van der Waals surface area contributed by atoms with E-state index in [0.29, 0.717) is 6.04 Å². The lowest BCUT2D eigenvalue weighted by Gasteiger charge is -2.38. The van der Waals surface area contributed by atoms with Gasteiger partial charge in [-0.2, -0.15) is 0 Å². The van der Waals surface area contributed by atoms with E-state index in [2.05, 4.69) is 52.8 Å². The van der Waals surface area contributed by atoms with Crippen LogP contribution >= 0.6 is 0 Å². The fourth-order valence-electron chi connectivity index (χ4n) is 4.67. The maximum atomic E-state index is 13.2. The molecule has 0 atom stereocenters. The number of carbonyl (C=O) groups is 1. The highest BCUT2D eigenvalue weighted by molar-refractivity contribution is 5.94. The molecule has 6 nitrogen and oxygen atoms in total. The van der Waals surface area contributed by atoms with Crippen molar-refractivity contribution in [1.82, 2.24) is 9.80 Å². The van der Waals surface area contributed by atoms with Crippen LogP contribution in [0, 0.1) is 0 Å². The van der Waals surface area contributed by atoms with E-state index in [4.69, 9.17) is 4.74 Å². The van der Waals surface area contributed by atoms with Crippen LogP contribution in [0.15, 0.2) is 48.5 Å². The predicted molar refractivity (Wildman–Crippen MR) is 131 cm³/mol. The van der Waals surface area contributed by atoms with Crippen molar-refractivity contribution in [1.29, 1.82) is 0 Å². The van der Waals surface area contributed by atoms with Gasteiger partial charge in [-0.3, -0.25) is 9.69 Å². The Kier molecular flexibility index (Phi) is 7.20. The molecule has 0 aromatic heterocycles. The van der Waals surface area contributed by atoms with Crippen LogP contribution in [0.25, 0.3) is 0 Å². The van der Waals surface area contributed by atoms with Crippen molar-refractivity contribution in [2.75, 3.05) is 69.3 Å². The lowest BCUT2D eigenvalue weighted by atomic mass is 10.1. The van der Waals surface area contributed by atoms with Gasteiger partial charge in [0.1, 0.15) is 5.75 Å². The Bertz CT molecular complexity index is 874. The molecule has 2 aliphatic heterocycles. The number of ether oxygens (including phenoxy) is 1. The lowest BCUT2D eigenvalue weighted by molar-refractivity contribution is 0.0767. The van der Waals surface area contributed by atoms with E-state index in [9.17, 15) is 4.79 Å². The summed E-state index contributed by atoms with van der Waals surface area (Å²) in [6, 6.07) is 17.0. The number of nitrogens with zero attached hydrogens (tertiary/aromatic N) is 4. The molecule has 2 saturated heterocycles. The second-order valence-electron chi connectivity index (χ2n) is 8.99. The zero-order valence-corrected chi connectivity index (χ0v) is 19.7. The van der Waals surface area contributed by atoms with E-state index >= 15 is 0 Å². The van der Waals surface area contributed by atoms with Crippen LogP contribution in [0.4, 0.5) is 11.4 Å². The van der Waals surface area contributed by atoms with E-state index < -0.39 is 0 Å². The molecule has 6 heteroatoms. The van der Waals surface area contributed by atoms with Gasteiger partial charge in [0.25, 0.3) is 5.91 Å². The molecule has 0 N–H and O–H groups in total. The quantitative estimate of drug-likeness (QED) is 0.717. The molecule has 2 aromatic rings. The predicted octanol–water partition coefficient (Wildman–Crippen LogP) is 3.58. The Labute approximate surface area is 192 Å². The third kappa shape index (κ3) is 5.18. The minimum Gasteiger partial charge on any atom is -0.497 e. The van der Waals surface area contributed by atoms with Gasteiger partial charge in [0, 0.05) is 75.3 Å². The van der Waals surface area contributed by atoms with Gasteiger partial charge in [0.05, 0.1) is 7.11 Å². The number of amides is 1. The standard InChI is InChI=1S/C26H36N4O2/c1-21(2)27-15-17-29(18-16-27)23-7-5-22(6-8-23)26(31)30-14-4-13-28(19-20-30)24-9-11-25(32-3)12-10-24/h5-12,21H,4,13-20H2,1-3H3. The highest BCUT2D eigenvalue weighted by atomic mass is 16.5. The van der Waals surface area contributed by atoms with Crippen LogP contribution in [-0.2, 0) is 0 Å². The molecule has 0 bridgehead atoms.